The molecule has 4 nitrogen and oxygen atoms in total. The molecule has 0 aliphatic carbocycles. The molecule has 1 atom stereocenters. The Hall–Kier alpha value is -0.980. The van der Waals surface area contributed by atoms with Crippen LogP contribution in [0.15, 0.2) is 23.7 Å². The van der Waals surface area contributed by atoms with Crippen LogP contribution in [0.2, 0.25) is 0 Å². The highest BCUT2D eigenvalue weighted by Crippen LogP contribution is 2.24. The summed E-state index contributed by atoms with van der Waals surface area (Å²) >= 11 is 1.65. The van der Waals surface area contributed by atoms with E-state index in [2.05, 4.69) is 16.4 Å². The monoisotopic (exact) mass is 298 g/mol. The quantitative estimate of drug-likeness (QED) is 0.889. The second-order valence-corrected chi connectivity index (χ2v) is 7.81. The fourth-order valence-electron chi connectivity index (χ4n) is 2.02. The van der Waals surface area contributed by atoms with Gasteiger partial charge in [-0.15, -0.1) is 11.3 Å². The second kappa shape index (κ2) is 5.98. The van der Waals surface area contributed by atoms with Gasteiger partial charge in [-0.2, -0.15) is 0 Å². The molecule has 1 N–H and O–H groups in total. The van der Waals surface area contributed by atoms with Crippen LogP contribution in [0.25, 0.3) is 10.2 Å². The molecule has 0 aromatic carbocycles. The van der Waals surface area contributed by atoms with Crippen molar-refractivity contribution in [2.75, 3.05) is 18.6 Å². The number of sulfone groups is 1. The average Bonchev–Trinajstić information content (AvgIpc) is 2.80. The largest absolute Gasteiger partial charge is 0.310 e. The first kappa shape index (κ1) is 14.4. The predicted octanol–water partition coefficient (Wildman–Crippen LogP) is 2.38. The van der Waals surface area contributed by atoms with Crippen molar-refractivity contribution in [1.82, 2.24) is 10.3 Å². The number of nitrogens with one attached hydrogen (secondary N) is 1. The fourth-order valence-corrected chi connectivity index (χ4v) is 3.47. The molecule has 0 fully saturated rings. The maximum Gasteiger partial charge on any atom is 0.147 e. The van der Waals surface area contributed by atoms with Gasteiger partial charge < -0.3 is 5.32 Å². The summed E-state index contributed by atoms with van der Waals surface area (Å²) in [6.45, 7) is 2.82. The fraction of sp³-hybridized carbons (Fsp3) is 0.462. The number of aromatic nitrogens is 1. The summed E-state index contributed by atoms with van der Waals surface area (Å²) in [4.78, 5) is 4.41. The second-order valence-electron chi connectivity index (χ2n) is 4.60. The van der Waals surface area contributed by atoms with E-state index in [9.17, 15) is 8.42 Å². The summed E-state index contributed by atoms with van der Waals surface area (Å²) in [6.07, 6.45) is 3.69. The van der Waals surface area contributed by atoms with Gasteiger partial charge in [0, 0.05) is 18.5 Å². The minimum atomic E-state index is -2.93. The first-order valence-electron chi connectivity index (χ1n) is 6.24. The van der Waals surface area contributed by atoms with Crippen LogP contribution >= 0.6 is 11.3 Å². The Bertz CT molecular complexity index is 649. The number of hydrogen-bond donors (Lipinski definition) is 1. The van der Waals surface area contributed by atoms with Crippen LogP contribution < -0.4 is 5.32 Å². The molecule has 19 heavy (non-hydrogen) atoms. The first-order chi connectivity index (χ1) is 8.99. The van der Waals surface area contributed by atoms with Crippen LogP contribution in [0.4, 0.5) is 0 Å². The Morgan fingerprint density at radius 1 is 1.47 bits per heavy atom. The lowest BCUT2D eigenvalue weighted by Crippen LogP contribution is -2.23. The van der Waals surface area contributed by atoms with Crippen LogP contribution in [-0.4, -0.2) is 32.0 Å². The Morgan fingerprint density at radius 2 is 2.26 bits per heavy atom. The lowest BCUT2D eigenvalue weighted by molar-refractivity contribution is 0.529. The standard InChI is InChI=1S/C13H18N2O2S2/c1-3-14-11(5-7-19(2,16)17)10-8-13-12(15-9-10)4-6-18-13/h4,6,8-9,11,14H,3,5,7H2,1-2H3. The smallest absolute Gasteiger partial charge is 0.147 e. The minimum Gasteiger partial charge on any atom is -0.310 e. The number of fused-ring (bicyclic) bond motifs is 1. The lowest BCUT2D eigenvalue weighted by atomic mass is 10.1. The van der Waals surface area contributed by atoms with Crippen LogP contribution in [0.5, 0.6) is 0 Å². The zero-order valence-corrected chi connectivity index (χ0v) is 12.7. The van der Waals surface area contributed by atoms with E-state index in [0.29, 0.717) is 6.42 Å². The molecule has 0 amide bonds. The molecule has 2 aromatic rings. The van der Waals surface area contributed by atoms with Gasteiger partial charge in [-0.25, -0.2) is 8.42 Å². The molecule has 104 valence electrons. The van der Waals surface area contributed by atoms with E-state index >= 15 is 0 Å². The highest BCUT2D eigenvalue weighted by atomic mass is 32.2. The number of nitrogens with zero attached hydrogens (tertiary/aromatic N) is 1. The molecular formula is C13H18N2O2S2. The molecule has 1 unspecified atom stereocenters. The van der Waals surface area contributed by atoms with Gasteiger partial charge in [0.05, 0.1) is 16.0 Å². The van der Waals surface area contributed by atoms with E-state index in [0.717, 1.165) is 22.3 Å². The zero-order chi connectivity index (χ0) is 13.9. The van der Waals surface area contributed by atoms with Crippen molar-refractivity contribution >= 4 is 31.4 Å². The Morgan fingerprint density at radius 3 is 2.95 bits per heavy atom. The van der Waals surface area contributed by atoms with Gasteiger partial charge in [-0.05, 0) is 36.0 Å². The molecule has 2 heterocycles. The summed E-state index contributed by atoms with van der Waals surface area (Å²) < 4.78 is 23.7. The van der Waals surface area contributed by atoms with Crippen molar-refractivity contribution in [3.63, 3.8) is 0 Å². The molecule has 0 bridgehead atoms. The topological polar surface area (TPSA) is 59.1 Å². The van der Waals surface area contributed by atoms with Gasteiger partial charge in [-0.3, -0.25) is 4.98 Å². The minimum absolute atomic E-state index is 0.0405. The van der Waals surface area contributed by atoms with Crippen LogP contribution in [-0.2, 0) is 9.84 Å². The molecule has 0 aliphatic heterocycles. The molecule has 2 rings (SSSR count). The number of thiophene rings is 1. The molecule has 0 saturated heterocycles. The number of hydrogen-bond acceptors (Lipinski definition) is 5. The average molecular weight is 298 g/mol. The van der Waals surface area contributed by atoms with Crippen molar-refractivity contribution in [3.8, 4) is 0 Å². The van der Waals surface area contributed by atoms with Gasteiger partial charge in [0.2, 0.25) is 0 Å². The lowest BCUT2D eigenvalue weighted by Gasteiger charge is -2.17. The van der Waals surface area contributed by atoms with E-state index in [1.165, 1.54) is 6.26 Å². The third kappa shape index (κ3) is 3.99. The molecular weight excluding hydrogens is 280 g/mol. The van der Waals surface area contributed by atoms with E-state index < -0.39 is 9.84 Å². The van der Waals surface area contributed by atoms with Crippen LogP contribution in [0.3, 0.4) is 0 Å². The van der Waals surface area contributed by atoms with Gasteiger partial charge in [0.25, 0.3) is 0 Å². The molecule has 0 spiro atoms. The highest BCUT2D eigenvalue weighted by Gasteiger charge is 2.14. The number of rotatable bonds is 6. The van der Waals surface area contributed by atoms with Gasteiger partial charge in [0.1, 0.15) is 9.84 Å². The Kier molecular flexibility index (Phi) is 4.54. The first-order valence-corrected chi connectivity index (χ1v) is 9.18. The van der Waals surface area contributed by atoms with E-state index in [1.54, 1.807) is 11.3 Å². The van der Waals surface area contributed by atoms with Crippen LogP contribution in [0.1, 0.15) is 24.9 Å². The van der Waals surface area contributed by atoms with Crippen molar-refractivity contribution in [3.05, 3.63) is 29.3 Å². The van der Waals surface area contributed by atoms with Gasteiger partial charge in [-0.1, -0.05) is 6.92 Å². The highest BCUT2D eigenvalue weighted by molar-refractivity contribution is 7.90. The summed E-state index contributed by atoms with van der Waals surface area (Å²) in [5.74, 6) is 0.188. The zero-order valence-electron chi connectivity index (χ0n) is 11.1. The van der Waals surface area contributed by atoms with Crippen molar-refractivity contribution in [1.29, 1.82) is 0 Å². The van der Waals surface area contributed by atoms with Gasteiger partial charge >= 0.3 is 0 Å². The number of pyridine rings is 1. The van der Waals surface area contributed by atoms with Crippen molar-refractivity contribution < 1.29 is 8.42 Å². The maximum atomic E-state index is 11.3. The molecule has 2 aromatic heterocycles. The summed E-state index contributed by atoms with van der Waals surface area (Å²) in [5, 5.41) is 5.34. The van der Waals surface area contributed by atoms with Crippen molar-refractivity contribution in [2.24, 2.45) is 0 Å². The Balaban J connectivity index is 2.21. The van der Waals surface area contributed by atoms with E-state index in [4.69, 9.17) is 0 Å². The maximum absolute atomic E-state index is 11.3. The SMILES string of the molecule is CCNC(CCS(C)(=O)=O)c1cnc2ccsc2c1. The third-order valence-corrected chi connectivity index (χ3v) is 4.78. The van der Waals surface area contributed by atoms with E-state index in [-0.39, 0.29) is 11.8 Å². The van der Waals surface area contributed by atoms with E-state index in [1.807, 2.05) is 24.6 Å². The summed E-state index contributed by atoms with van der Waals surface area (Å²) in [6, 6.07) is 4.13. The molecule has 6 heteroatoms. The molecule has 0 radical (unpaired) electrons. The summed E-state index contributed by atoms with van der Waals surface area (Å²) in [7, 11) is -2.93. The van der Waals surface area contributed by atoms with Crippen LogP contribution in [0, 0.1) is 0 Å². The van der Waals surface area contributed by atoms with Gasteiger partial charge in [0.15, 0.2) is 0 Å². The Labute approximate surface area is 117 Å². The molecule has 0 aliphatic rings. The summed E-state index contributed by atoms with van der Waals surface area (Å²) in [5.41, 5.74) is 2.05. The predicted molar refractivity (Wildman–Crippen MR) is 80.4 cm³/mol. The van der Waals surface area contributed by atoms with Crippen molar-refractivity contribution in [2.45, 2.75) is 19.4 Å². The molecule has 0 saturated carbocycles. The normalized spacial score (nSPS) is 13.8. The third-order valence-electron chi connectivity index (χ3n) is 2.95.